The van der Waals surface area contributed by atoms with Crippen LogP contribution in [0, 0.1) is 16.7 Å². The molecule has 0 radical (unpaired) electrons. The molecule has 2 heterocycles. The van der Waals surface area contributed by atoms with Crippen molar-refractivity contribution in [3.05, 3.63) is 138 Å². The fourth-order valence-corrected chi connectivity index (χ4v) is 6.76. The summed E-state index contributed by atoms with van der Waals surface area (Å²) < 4.78 is 2.31. The average molecular weight is 513 g/mol. The van der Waals surface area contributed by atoms with Crippen molar-refractivity contribution >= 4 is 50.2 Å². The van der Waals surface area contributed by atoms with Crippen molar-refractivity contribution in [2.24, 2.45) is 0 Å². The molecule has 4 heteroatoms. The highest BCUT2D eigenvalue weighted by Crippen LogP contribution is 2.49. The molecule has 8 rings (SSSR count). The van der Waals surface area contributed by atoms with Gasteiger partial charge in [0.2, 0.25) is 0 Å². The van der Waals surface area contributed by atoms with Crippen LogP contribution in [0.3, 0.4) is 0 Å². The molecule has 1 aromatic heterocycles. The number of nitrogens with one attached hydrogen (secondary N) is 1. The Morgan fingerprint density at radius 2 is 1.52 bits per heavy atom. The van der Waals surface area contributed by atoms with E-state index in [4.69, 9.17) is 5.41 Å². The summed E-state index contributed by atoms with van der Waals surface area (Å²) >= 11 is 0. The van der Waals surface area contributed by atoms with Crippen LogP contribution in [0.15, 0.2) is 121 Å². The lowest BCUT2D eigenvalue weighted by atomic mass is 9.91. The first-order valence-corrected chi connectivity index (χ1v) is 13.5. The molecule has 0 amide bonds. The van der Waals surface area contributed by atoms with E-state index in [2.05, 4.69) is 131 Å². The van der Waals surface area contributed by atoms with Crippen molar-refractivity contribution in [1.82, 2.24) is 4.57 Å². The van der Waals surface area contributed by atoms with Crippen LogP contribution in [-0.4, -0.2) is 16.8 Å². The van der Waals surface area contributed by atoms with Crippen LogP contribution >= 0.6 is 0 Å². The molecule has 1 aliphatic heterocycles. The van der Waals surface area contributed by atoms with Crippen molar-refractivity contribution in [2.75, 3.05) is 4.90 Å². The Balaban J connectivity index is 1.48. The molecule has 4 nitrogen and oxygen atoms in total. The molecule has 2 unspecified atom stereocenters. The summed E-state index contributed by atoms with van der Waals surface area (Å²) in [4.78, 5) is 2.29. The van der Waals surface area contributed by atoms with Gasteiger partial charge in [-0.2, -0.15) is 5.26 Å². The van der Waals surface area contributed by atoms with Gasteiger partial charge >= 0.3 is 0 Å². The zero-order valence-electron chi connectivity index (χ0n) is 21.6. The molecule has 6 aromatic rings. The highest BCUT2D eigenvalue weighted by atomic mass is 15.2. The average Bonchev–Trinajstić information content (AvgIpc) is 3.54. The van der Waals surface area contributed by atoms with E-state index in [-0.39, 0.29) is 12.0 Å². The number of anilines is 2. The largest absolute Gasteiger partial charge is 0.332 e. The van der Waals surface area contributed by atoms with Crippen LogP contribution < -0.4 is 4.90 Å². The first-order chi connectivity index (χ1) is 19.8. The van der Waals surface area contributed by atoms with E-state index < -0.39 is 0 Å². The molecule has 188 valence electrons. The predicted octanol–water partition coefficient (Wildman–Crippen LogP) is 8.54. The van der Waals surface area contributed by atoms with Gasteiger partial charge in [0.25, 0.3) is 0 Å². The first-order valence-electron chi connectivity index (χ1n) is 13.5. The number of nitriles is 1. The fourth-order valence-electron chi connectivity index (χ4n) is 6.76. The molecular formula is C36H24N4. The molecule has 2 atom stereocenters. The van der Waals surface area contributed by atoms with Crippen LogP contribution in [0.2, 0.25) is 0 Å². The van der Waals surface area contributed by atoms with E-state index in [0.717, 1.165) is 28.1 Å². The normalized spacial score (nSPS) is 17.3. The monoisotopic (exact) mass is 512 g/mol. The molecule has 1 aliphatic carbocycles. The van der Waals surface area contributed by atoms with Crippen LogP contribution in [0.4, 0.5) is 11.4 Å². The number of aromatic nitrogens is 1. The summed E-state index contributed by atoms with van der Waals surface area (Å²) in [5.74, 6) is 0.206. The third kappa shape index (κ3) is 3.03. The zero-order chi connectivity index (χ0) is 26.8. The number of rotatable bonds is 3. The third-order valence-corrected chi connectivity index (χ3v) is 8.44. The molecule has 40 heavy (non-hydrogen) atoms. The summed E-state index contributed by atoms with van der Waals surface area (Å²) in [5.41, 5.74) is 7.47. The zero-order valence-corrected chi connectivity index (χ0v) is 21.6. The maximum Gasteiger partial charge on any atom is 0.102 e. The predicted molar refractivity (Wildman–Crippen MR) is 164 cm³/mol. The topological polar surface area (TPSA) is 55.8 Å². The highest BCUT2D eigenvalue weighted by molar-refractivity contribution is 6.18. The minimum atomic E-state index is 0.0577. The number of hydrogen-bond donors (Lipinski definition) is 1. The second-order valence-electron chi connectivity index (χ2n) is 10.4. The Hall–Kier alpha value is -5.40. The molecule has 5 aromatic carbocycles. The molecule has 1 N–H and O–H groups in total. The van der Waals surface area contributed by atoms with Crippen LogP contribution in [-0.2, 0) is 0 Å². The summed E-state index contributed by atoms with van der Waals surface area (Å²) in [6, 6.07) is 36.5. The van der Waals surface area contributed by atoms with Gasteiger partial charge in [-0.15, -0.1) is 0 Å². The molecule has 0 spiro atoms. The van der Waals surface area contributed by atoms with Gasteiger partial charge in [0.15, 0.2) is 0 Å². The van der Waals surface area contributed by atoms with Gasteiger partial charge in [0, 0.05) is 45.2 Å². The van der Waals surface area contributed by atoms with Gasteiger partial charge in [0.1, 0.15) is 6.07 Å². The van der Waals surface area contributed by atoms with Gasteiger partial charge in [-0.3, -0.25) is 0 Å². The van der Waals surface area contributed by atoms with Crippen molar-refractivity contribution < 1.29 is 0 Å². The molecule has 0 fully saturated rings. The van der Waals surface area contributed by atoms with Crippen LogP contribution in [0.1, 0.15) is 22.6 Å². The first kappa shape index (κ1) is 22.6. The smallest absolute Gasteiger partial charge is 0.102 e. The molecule has 0 bridgehead atoms. The van der Waals surface area contributed by atoms with E-state index in [1.807, 2.05) is 6.07 Å². The second-order valence-corrected chi connectivity index (χ2v) is 10.4. The summed E-state index contributed by atoms with van der Waals surface area (Å²) in [5, 5.41) is 23.5. The Labute approximate surface area is 231 Å². The standard InChI is InChI=1S/C36H24N4/c37-21-24-19-25(39-32-14-6-5-13-29(32)30-18-17-23-9-1-2-10-26(23)36(30)39)20-35(31(24)22-38)40-33-15-7-3-11-27(33)28-12-4-8-16-34(28)40/h1-21,27,33,37H. The number of benzene rings is 5. The molecule has 0 saturated heterocycles. The lowest BCUT2D eigenvalue weighted by molar-refractivity contribution is 0.744. The van der Waals surface area contributed by atoms with Gasteiger partial charge < -0.3 is 14.9 Å². The lowest BCUT2D eigenvalue weighted by Crippen LogP contribution is -2.29. The SMILES string of the molecule is N#Cc1c(C=N)cc(-n2c3ccccc3c3ccc4ccccc4c32)cc1N1c2ccccc2C2C=CC=CC21. The minimum absolute atomic E-state index is 0.0577. The Morgan fingerprint density at radius 3 is 2.40 bits per heavy atom. The second kappa shape index (κ2) is 8.56. The van der Waals surface area contributed by atoms with Crippen molar-refractivity contribution in [3.63, 3.8) is 0 Å². The van der Waals surface area contributed by atoms with E-state index in [9.17, 15) is 5.26 Å². The van der Waals surface area contributed by atoms with E-state index in [1.54, 1.807) is 0 Å². The van der Waals surface area contributed by atoms with Crippen LogP contribution in [0.25, 0.3) is 38.3 Å². The lowest BCUT2D eigenvalue weighted by Gasteiger charge is -2.30. The number of hydrogen-bond acceptors (Lipinski definition) is 3. The highest BCUT2D eigenvalue weighted by Gasteiger charge is 2.38. The Bertz CT molecular complexity index is 2120. The summed E-state index contributed by atoms with van der Waals surface area (Å²) in [6.07, 6.45) is 9.97. The fraction of sp³-hybridized carbons (Fsp3) is 0.0556. The van der Waals surface area contributed by atoms with Gasteiger partial charge in [0.05, 0.1) is 28.3 Å². The van der Waals surface area contributed by atoms with Crippen molar-refractivity contribution in [2.45, 2.75) is 12.0 Å². The van der Waals surface area contributed by atoms with E-state index in [0.29, 0.717) is 11.1 Å². The minimum Gasteiger partial charge on any atom is -0.332 e. The van der Waals surface area contributed by atoms with E-state index in [1.165, 1.54) is 33.3 Å². The Kier molecular flexibility index (Phi) is 4.83. The molecule has 2 aliphatic rings. The van der Waals surface area contributed by atoms with Crippen molar-refractivity contribution in [3.8, 4) is 11.8 Å². The van der Waals surface area contributed by atoms with E-state index >= 15 is 0 Å². The number of fused-ring (bicyclic) bond motifs is 8. The number of allylic oxidation sites excluding steroid dienone is 2. The number of nitrogens with zero attached hydrogens (tertiary/aromatic N) is 3. The van der Waals surface area contributed by atoms with Gasteiger partial charge in [-0.1, -0.05) is 97.1 Å². The third-order valence-electron chi connectivity index (χ3n) is 8.44. The maximum absolute atomic E-state index is 10.4. The summed E-state index contributed by atoms with van der Waals surface area (Å²) in [6.45, 7) is 0. The maximum atomic E-state index is 10.4. The number of para-hydroxylation sites is 2. The summed E-state index contributed by atoms with van der Waals surface area (Å²) in [7, 11) is 0. The molecule has 0 saturated carbocycles. The molecular weight excluding hydrogens is 488 g/mol. The van der Waals surface area contributed by atoms with Crippen LogP contribution in [0.5, 0.6) is 0 Å². The quantitative estimate of drug-likeness (QED) is 0.242. The van der Waals surface area contributed by atoms with Gasteiger partial charge in [-0.25, -0.2) is 0 Å². The Morgan fingerprint density at radius 1 is 0.750 bits per heavy atom. The van der Waals surface area contributed by atoms with Gasteiger partial charge in [-0.05, 0) is 35.2 Å². The van der Waals surface area contributed by atoms with Crippen molar-refractivity contribution in [1.29, 1.82) is 10.7 Å².